The highest BCUT2D eigenvalue weighted by Gasteiger charge is 1.94. The van der Waals surface area contributed by atoms with Crippen LogP contribution in [0.25, 0.3) is 12.2 Å². The van der Waals surface area contributed by atoms with Crippen LogP contribution in [0.2, 0.25) is 0 Å². The van der Waals surface area contributed by atoms with Crippen molar-refractivity contribution in [2.24, 2.45) is 0 Å². The molecular formula is C13H14N2OS. The summed E-state index contributed by atoms with van der Waals surface area (Å²) >= 11 is 1.44. The van der Waals surface area contributed by atoms with E-state index < -0.39 is 0 Å². The SMILES string of the molecule is CCOc1ccc(C=Cc2csc(N)n2)cc1. The number of hydrogen-bond acceptors (Lipinski definition) is 4. The molecule has 0 atom stereocenters. The van der Waals surface area contributed by atoms with Gasteiger partial charge in [-0.25, -0.2) is 4.98 Å². The molecule has 2 rings (SSSR count). The van der Waals surface area contributed by atoms with Crippen LogP contribution in [0.1, 0.15) is 18.2 Å². The van der Waals surface area contributed by atoms with Crippen molar-refractivity contribution in [1.29, 1.82) is 0 Å². The monoisotopic (exact) mass is 246 g/mol. The Balaban J connectivity index is 2.05. The van der Waals surface area contributed by atoms with Gasteiger partial charge in [0.1, 0.15) is 5.75 Å². The van der Waals surface area contributed by atoms with Gasteiger partial charge < -0.3 is 10.5 Å². The molecule has 88 valence electrons. The van der Waals surface area contributed by atoms with Crippen molar-refractivity contribution in [1.82, 2.24) is 4.98 Å². The van der Waals surface area contributed by atoms with Crippen LogP contribution < -0.4 is 10.5 Å². The summed E-state index contributed by atoms with van der Waals surface area (Å²) in [5.41, 5.74) is 7.56. The standard InChI is InChI=1S/C13H14N2OS/c1-2-16-12-7-4-10(5-8-12)3-6-11-9-17-13(14)15-11/h3-9H,2H2,1H3,(H2,14,15). The second kappa shape index (κ2) is 5.50. The molecule has 0 unspecified atom stereocenters. The molecule has 1 aromatic carbocycles. The first-order chi connectivity index (χ1) is 8.28. The Labute approximate surface area is 105 Å². The van der Waals surface area contributed by atoms with Gasteiger partial charge in [0.05, 0.1) is 12.3 Å². The second-order valence-corrected chi connectivity index (χ2v) is 4.34. The summed E-state index contributed by atoms with van der Waals surface area (Å²) in [7, 11) is 0. The van der Waals surface area contributed by atoms with Crippen molar-refractivity contribution in [3.05, 3.63) is 40.9 Å². The zero-order chi connectivity index (χ0) is 12.1. The van der Waals surface area contributed by atoms with E-state index in [0.717, 1.165) is 17.0 Å². The molecule has 0 amide bonds. The van der Waals surface area contributed by atoms with Gasteiger partial charge in [-0.15, -0.1) is 11.3 Å². The first-order valence-corrected chi connectivity index (χ1v) is 6.28. The number of anilines is 1. The minimum Gasteiger partial charge on any atom is -0.494 e. The third-order valence-corrected chi connectivity index (χ3v) is 2.87. The van der Waals surface area contributed by atoms with Crippen molar-refractivity contribution in [2.75, 3.05) is 12.3 Å². The molecule has 3 nitrogen and oxygen atoms in total. The predicted molar refractivity (Wildman–Crippen MR) is 73.1 cm³/mol. The molecule has 1 aromatic heterocycles. The van der Waals surface area contributed by atoms with Crippen molar-refractivity contribution >= 4 is 28.6 Å². The lowest BCUT2D eigenvalue weighted by atomic mass is 10.2. The Morgan fingerprint density at radius 3 is 2.65 bits per heavy atom. The van der Waals surface area contributed by atoms with Gasteiger partial charge in [-0.05, 0) is 30.7 Å². The van der Waals surface area contributed by atoms with E-state index in [-0.39, 0.29) is 0 Å². The fourth-order valence-corrected chi connectivity index (χ4v) is 1.93. The fraction of sp³-hybridized carbons (Fsp3) is 0.154. The number of thiazole rings is 1. The van der Waals surface area contributed by atoms with E-state index in [2.05, 4.69) is 4.98 Å². The lowest BCUT2D eigenvalue weighted by molar-refractivity contribution is 0.340. The van der Waals surface area contributed by atoms with E-state index in [1.54, 1.807) is 0 Å². The lowest BCUT2D eigenvalue weighted by Crippen LogP contribution is -1.90. The third kappa shape index (κ3) is 3.32. The van der Waals surface area contributed by atoms with Crippen LogP contribution in [0.15, 0.2) is 29.6 Å². The van der Waals surface area contributed by atoms with Gasteiger partial charge in [-0.1, -0.05) is 18.2 Å². The molecule has 0 bridgehead atoms. The number of rotatable bonds is 4. The molecule has 0 aliphatic heterocycles. The molecule has 4 heteroatoms. The summed E-state index contributed by atoms with van der Waals surface area (Å²) in [4.78, 5) is 4.16. The number of nitrogen functional groups attached to an aromatic ring is 1. The second-order valence-electron chi connectivity index (χ2n) is 3.45. The van der Waals surface area contributed by atoms with E-state index in [1.165, 1.54) is 11.3 Å². The van der Waals surface area contributed by atoms with Crippen LogP contribution in [-0.4, -0.2) is 11.6 Å². The molecule has 0 saturated carbocycles. The average molecular weight is 246 g/mol. The van der Waals surface area contributed by atoms with Gasteiger partial charge in [0.15, 0.2) is 5.13 Å². The number of ether oxygens (including phenoxy) is 1. The van der Waals surface area contributed by atoms with Crippen LogP contribution in [0.4, 0.5) is 5.13 Å². The Hall–Kier alpha value is -1.81. The topological polar surface area (TPSA) is 48.1 Å². The van der Waals surface area contributed by atoms with E-state index in [0.29, 0.717) is 11.7 Å². The summed E-state index contributed by atoms with van der Waals surface area (Å²) in [5, 5.41) is 2.52. The van der Waals surface area contributed by atoms with Crippen molar-refractivity contribution < 1.29 is 4.74 Å². The molecule has 0 radical (unpaired) electrons. The number of nitrogens with two attached hydrogens (primary N) is 1. The zero-order valence-electron chi connectivity index (χ0n) is 9.59. The normalized spacial score (nSPS) is 10.9. The maximum absolute atomic E-state index is 5.56. The zero-order valence-corrected chi connectivity index (χ0v) is 10.4. The third-order valence-electron chi connectivity index (χ3n) is 2.18. The molecule has 0 aliphatic rings. The summed E-state index contributed by atoms with van der Waals surface area (Å²) in [6, 6.07) is 7.94. The fourth-order valence-electron chi connectivity index (χ4n) is 1.40. The number of aromatic nitrogens is 1. The average Bonchev–Trinajstić information content (AvgIpc) is 2.75. The highest BCUT2D eigenvalue weighted by atomic mass is 32.1. The van der Waals surface area contributed by atoms with Gasteiger partial charge in [0, 0.05) is 5.38 Å². The number of hydrogen-bond donors (Lipinski definition) is 1. The molecular weight excluding hydrogens is 232 g/mol. The van der Waals surface area contributed by atoms with E-state index in [4.69, 9.17) is 10.5 Å². The van der Waals surface area contributed by atoms with E-state index >= 15 is 0 Å². The molecule has 17 heavy (non-hydrogen) atoms. The molecule has 0 spiro atoms. The van der Waals surface area contributed by atoms with Crippen molar-refractivity contribution in [2.45, 2.75) is 6.92 Å². The van der Waals surface area contributed by atoms with Crippen LogP contribution in [0.5, 0.6) is 5.75 Å². The smallest absolute Gasteiger partial charge is 0.180 e. The van der Waals surface area contributed by atoms with E-state index in [9.17, 15) is 0 Å². The summed E-state index contributed by atoms with van der Waals surface area (Å²) in [6.07, 6.45) is 3.95. The molecule has 2 aromatic rings. The Morgan fingerprint density at radius 2 is 2.06 bits per heavy atom. The van der Waals surface area contributed by atoms with Gasteiger partial charge in [-0.2, -0.15) is 0 Å². The largest absolute Gasteiger partial charge is 0.494 e. The van der Waals surface area contributed by atoms with Crippen LogP contribution in [0, 0.1) is 0 Å². The molecule has 0 aliphatic carbocycles. The van der Waals surface area contributed by atoms with Crippen molar-refractivity contribution in [3.8, 4) is 5.75 Å². The minimum atomic E-state index is 0.594. The highest BCUT2D eigenvalue weighted by molar-refractivity contribution is 7.13. The summed E-state index contributed by atoms with van der Waals surface area (Å²) in [6.45, 7) is 2.66. The van der Waals surface area contributed by atoms with Crippen molar-refractivity contribution in [3.63, 3.8) is 0 Å². The molecule has 2 N–H and O–H groups in total. The van der Waals surface area contributed by atoms with Gasteiger partial charge in [0.2, 0.25) is 0 Å². The van der Waals surface area contributed by atoms with Gasteiger partial charge in [-0.3, -0.25) is 0 Å². The van der Waals surface area contributed by atoms with Gasteiger partial charge in [0.25, 0.3) is 0 Å². The quantitative estimate of drug-likeness (QED) is 0.900. The molecule has 0 fully saturated rings. The number of benzene rings is 1. The van der Waals surface area contributed by atoms with Gasteiger partial charge >= 0.3 is 0 Å². The maximum Gasteiger partial charge on any atom is 0.180 e. The van der Waals surface area contributed by atoms with Crippen LogP contribution >= 0.6 is 11.3 Å². The Morgan fingerprint density at radius 1 is 1.29 bits per heavy atom. The first-order valence-electron chi connectivity index (χ1n) is 5.40. The predicted octanol–water partition coefficient (Wildman–Crippen LogP) is 3.29. The summed E-state index contributed by atoms with van der Waals surface area (Å²) in [5.74, 6) is 0.891. The lowest BCUT2D eigenvalue weighted by Gasteiger charge is -2.01. The Kier molecular flexibility index (Phi) is 3.77. The maximum atomic E-state index is 5.56. The summed E-state index contributed by atoms with van der Waals surface area (Å²) < 4.78 is 5.38. The Bertz CT molecular complexity index is 502. The number of nitrogens with zero attached hydrogens (tertiary/aromatic N) is 1. The van der Waals surface area contributed by atoms with Crippen LogP contribution in [0.3, 0.4) is 0 Å². The molecule has 1 heterocycles. The minimum absolute atomic E-state index is 0.594. The molecule has 0 saturated heterocycles. The highest BCUT2D eigenvalue weighted by Crippen LogP contribution is 2.16. The first kappa shape index (κ1) is 11.7. The van der Waals surface area contributed by atoms with E-state index in [1.807, 2.05) is 48.7 Å². The van der Waals surface area contributed by atoms with Crippen LogP contribution in [-0.2, 0) is 0 Å².